The second-order valence-corrected chi connectivity index (χ2v) is 5.41. The van der Waals surface area contributed by atoms with Gasteiger partial charge in [0.1, 0.15) is 17.7 Å². The SMILES string of the molecule is CCCCCC(Cc1ncccn1)c1ccc(C#N)c(F)c1. The van der Waals surface area contributed by atoms with Gasteiger partial charge in [0.05, 0.1) is 5.56 Å². The fraction of sp³-hybridized carbons (Fsp3) is 0.389. The molecule has 114 valence electrons. The summed E-state index contributed by atoms with van der Waals surface area (Å²) in [7, 11) is 0. The van der Waals surface area contributed by atoms with E-state index in [1.807, 2.05) is 12.1 Å². The maximum Gasteiger partial charge on any atom is 0.141 e. The van der Waals surface area contributed by atoms with Crippen LogP contribution in [0.3, 0.4) is 0 Å². The van der Waals surface area contributed by atoms with Crippen LogP contribution < -0.4 is 0 Å². The summed E-state index contributed by atoms with van der Waals surface area (Å²) in [6, 6.07) is 8.54. The Morgan fingerprint density at radius 1 is 1.23 bits per heavy atom. The van der Waals surface area contributed by atoms with Crippen LogP contribution in [0.25, 0.3) is 0 Å². The molecule has 2 aromatic rings. The van der Waals surface area contributed by atoms with Crippen LogP contribution in [0.15, 0.2) is 36.7 Å². The van der Waals surface area contributed by atoms with Crippen LogP contribution in [0.2, 0.25) is 0 Å². The Hall–Kier alpha value is -2.28. The Labute approximate surface area is 130 Å². The molecule has 0 saturated carbocycles. The van der Waals surface area contributed by atoms with Crippen molar-refractivity contribution >= 4 is 0 Å². The lowest BCUT2D eigenvalue weighted by Gasteiger charge is -2.17. The number of hydrogen-bond acceptors (Lipinski definition) is 3. The number of halogens is 1. The number of aromatic nitrogens is 2. The summed E-state index contributed by atoms with van der Waals surface area (Å²) in [6.07, 6.45) is 8.51. The van der Waals surface area contributed by atoms with E-state index in [1.165, 1.54) is 6.07 Å². The molecule has 0 fully saturated rings. The third-order valence-electron chi connectivity index (χ3n) is 3.79. The molecule has 1 aromatic carbocycles. The van der Waals surface area contributed by atoms with Gasteiger partial charge in [-0.15, -0.1) is 0 Å². The van der Waals surface area contributed by atoms with Crippen LogP contribution in [0, 0.1) is 17.1 Å². The zero-order valence-corrected chi connectivity index (χ0v) is 12.8. The van der Waals surface area contributed by atoms with Crippen molar-refractivity contribution in [1.29, 1.82) is 5.26 Å². The molecule has 0 radical (unpaired) electrons. The highest BCUT2D eigenvalue weighted by Gasteiger charge is 2.15. The van der Waals surface area contributed by atoms with Crippen LogP contribution in [0.4, 0.5) is 4.39 Å². The molecule has 1 unspecified atom stereocenters. The predicted molar refractivity (Wildman–Crippen MR) is 83.7 cm³/mol. The molecule has 0 aliphatic rings. The Bertz CT molecular complexity index is 635. The van der Waals surface area contributed by atoms with Crippen molar-refractivity contribution in [3.8, 4) is 6.07 Å². The van der Waals surface area contributed by atoms with Gasteiger partial charge in [-0.3, -0.25) is 0 Å². The van der Waals surface area contributed by atoms with E-state index in [9.17, 15) is 4.39 Å². The third-order valence-corrected chi connectivity index (χ3v) is 3.79. The van der Waals surface area contributed by atoms with Gasteiger partial charge in [-0.25, -0.2) is 14.4 Å². The lowest BCUT2D eigenvalue weighted by molar-refractivity contribution is 0.546. The normalized spacial score (nSPS) is 11.9. The fourth-order valence-electron chi connectivity index (χ4n) is 2.56. The summed E-state index contributed by atoms with van der Waals surface area (Å²) in [6.45, 7) is 2.16. The summed E-state index contributed by atoms with van der Waals surface area (Å²) in [5.74, 6) is 0.499. The molecule has 0 bridgehead atoms. The summed E-state index contributed by atoms with van der Waals surface area (Å²) in [5, 5.41) is 8.85. The summed E-state index contributed by atoms with van der Waals surface area (Å²) < 4.78 is 13.9. The lowest BCUT2D eigenvalue weighted by Crippen LogP contribution is -2.07. The Kier molecular flexibility index (Phi) is 6.02. The van der Waals surface area contributed by atoms with Gasteiger partial charge in [0.15, 0.2) is 0 Å². The summed E-state index contributed by atoms with van der Waals surface area (Å²) in [4.78, 5) is 8.54. The van der Waals surface area contributed by atoms with Gasteiger partial charge in [-0.1, -0.05) is 32.3 Å². The standard InChI is InChI=1S/C18H20FN3/c1-2-3-4-6-14(12-18-21-9-5-10-22-18)15-7-8-16(13-20)17(19)11-15/h5,7-11,14H,2-4,6,12H2,1H3. The topological polar surface area (TPSA) is 49.6 Å². The van der Waals surface area contributed by atoms with E-state index >= 15 is 0 Å². The minimum absolute atomic E-state index is 0.0898. The molecular formula is C18H20FN3. The number of rotatable bonds is 7. The first-order chi connectivity index (χ1) is 10.7. The number of benzene rings is 1. The van der Waals surface area contributed by atoms with E-state index in [-0.39, 0.29) is 11.5 Å². The molecule has 1 heterocycles. The van der Waals surface area contributed by atoms with E-state index < -0.39 is 5.82 Å². The first-order valence-corrected chi connectivity index (χ1v) is 7.70. The highest BCUT2D eigenvalue weighted by Crippen LogP contribution is 2.27. The van der Waals surface area contributed by atoms with Crippen molar-refractivity contribution in [2.45, 2.75) is 44.9 Å². The van der Waals surface area contributed by atoms with Gasteiger partial charge in [-0.2, -0.15) is 5.26 Å². The molecule has 0 spiro atoms. The van der Waals surface area contributed by atoms with Gasteiger partial charge in [0, 0.05) is 18.8 Å². The minimum atomic E-state index is -0.450. The lowest BCUT2D eigenvalue weighted by atomic mass is 9.89. The van der Waals surface area contributed by atoms with Crippen molar-refractivity contribution in [3.05, 3.63) is 59.4 Å². The van der Waals surface area contributed by atoms with E-state index in [0.717, 1.165) is 37.1 Å². The van der Waals surface area contributed by atoms with E-state index in [0.29, 0.717) is 6.42 Å². The first kappa shape index (κ1) is 16.1. The Morgan fingerprint density at radius 3 is 2.64 bits per heavy atom. The molecule has 4 heteroatoms. The maximum atomic E-state index is 13.9. The average molecular weight is 297 g/mol. The minimum Gasteiger partial charge on any atom is -0.241 e. The molecule has 0 N–H and O–H groups in total. The zero-order valence-electron chi connectivity index (χ0n) is 12.8. The number of nitriles is 1. The Morgan fingerprint density at radius 2 is 2.00 bits per heavy atom. The van der Waals surface area contributed by atoms with Gasteiger partial charge in [0.25, 0.3) is 0 Å². The van der Waals surface area contributed by atoms with Crippen LogP contribution in [0.5, 0.6) is 0 Å². The second kappa shape index (κ2) is 8.23. The number of unbranched alkanes of at least 4 members (excludes halogenated alkanes) is 2. The van der Waals surface area contributed by atoms with Crippen molar-refractivity contribution in [3.63, 3.8) is 0 Å². The molecule has 1 aromatic heterocycles. The molecule has 1 atom stereocenters. The van der Waals surface area contributed by atoms with Gasteiger partial charge in [0.2, 0.25) is 0 Å². The predicted octanol–water partition coefficient (Wildman–Crippen LogP) is 4.39. The van der Waals surface area contributed by atoms with Crippen molar-refractivity contribution in [2.75, 3.05) is 0 Å². The second-order valence-electron chi connectivity index (χ2n) is 5.41. The van der Waals surface area contributed by atoms with Gasteiger partial charge in [-0.05, 0) is 36.1 Å². The van der Waals surface area contributed by atoms with Crippen LogP contribution >= 0.6 is 0 Å². The van der Waals surface area contributed by atoms with E-state index in [4.69, 9.17) is 5.26 Å². The number of nitrogens with zero attached hydrogens (tertiary/aromatic N) is 3. The number of hydrogen-bond donors (Lipinski definition) is 0. The fourth-order valence-corrected chi connectivity index (χ4v) is 2.56. The molecular weight excluding hydrogens is 277 g/mol. The quantitative estimate of drug-likeness (QED) is 0.712. The summed E-state index contributed by atoms with van der Waals surface area (Å²) >= 11 is 0. The molecule has 0 aliphatic carbocycles. The van der Waals surface area contributed by atoms with E-state index in [2.05, 4.69) is 16.9 Å². The van der Waals surface area contributed by atoms with Gasteiger partial charge < -0.3 is 0 Å². The molecule has 0 aliphatic heterocycles. The first-order valence-electron chi connectivity index (χ1n) is 7.70. The molecule has 22 heavy (non-hydrogen) atoms. The van der Waals surface area contributed by atoms with E-state index in [1.54, 1.807) is 24.5 Å². The molecule has 0 amide bonds. The third kappa shape index (κ3) is 4.36. The zero-order chi connectivity index (χ0) is 15.8. The highest BCUT2D eigenvalue weighted by atomic mass is 19.1. The summed E-state index contributed by atoms with van der Waals surface area (Å²) in [5.41, 5.74) is 1.01. The van der Waals surface area contributed by atoms with Crippen molar-refractivity contribution < 1.29 is 4.39 Å². The van der Waals surface area contributed by atoms with Crippen LogP contribution in [-0.2, 0) is 6.42 Å². The van der Waals surface area contributed by atoms with Crippen molar-refractivity contribution in [2.24, 2.45) is 0 Å². The average Bonchev–Trinajstić information content (AvgIpc) is 2.55. The maximum absolute atomic E-state index is 13.9. The highest BCUT2D eigenvalue weighted by molar-refractivity contribution is 5.35. The monoisotopic (exact) mass is 297 g/mol. The molecule has 2 rings (SSSR count). The molecule has 3 nitrogen and oxygen atoms in total. The molecule has 0 saturated heterocycles. The Balaban J connectivity index is 2.19. The van der Waals surface area contributed by atoms with Gasteiger partial charge >= 0.3 is 0 Å². The van der Waals surface area contributed by atoms with Crippen LogP contribution in [-0.4, -0.2) is 9.97 Å². The smallest absolute Gasteiger partial charge is 0.141 e. The van der Waals surface area contributed by atoms with Crippen LogP contribution in [0.1, 0.15) is 55.5 Å². The largest absolute Gasteiger partial charge is 0.241 e. The van der Waals surface area contributed by atoms with Crippen molar-refractivity contribution in [1.82, 2.24) is 9.97 Å².